The molecule has 2 aromatic carbocycles. The van der Waals surface area contributed by atoms with Crippen LogP contribution in [0.4, 0.5) is 5.69 Å². The molecule has 1 aliphatic carbocycles. The molecule has 0 aliphatic heterocycles. The highest BCUT2D eigenvalue weighted by Crippen LogP contribution is 2.43. The maximum atomic E-state index is 12.4. The maximum absolute atomic E-state index is 12.4. The number of hydrogen-bond acceptors (Lipinski definition) is 4. The molecule has 1 aliphatic rings. The number of methoxy groups -OCH3 is 1. The zero-order chi connectivity index (χ0) is 19.8. The fraction of sp³-hybridized carbons (Fsp3) is 0.364. The van der Waals surface area contributed by atoms with Crippen LogP contribution >= 0.6 is 0 Å². The Bertz CT molecular complexity index is 803. The number of benzene rings is 2. The van der Waals surface area contributed by atoms with Gasteiger partial charge in [-0.05, 0) is 30.5 Å². The second kappa shape index (κ2) is 9.37. The van der Waals surface area contributed by atoms with Gasteiger partial charge in [0.05, 0.1) is 12.3 Å². The topological polar surface area (TPSA) is 76.7 Å². The van der Waals surface area contributed by atoms with Gasteiger partial charge in [0.25, 0.3) is 0 Å². The summed E-state index contributed by atoms with van der Waals surface area (Å²) in [4.78, 5) is 24.7. The van der Waals surface area contributed by atoms with Crippen LogP contribution in [0.15, 0.2) is 54.6 Å². The minimum absolute atomic E-state index is 0.0711. The van der Waals surface area contributed by atoms with Crippen LogP contribution in [0.3, 0.4) is 0 Å². The fourth-order valence-electron chi connectivity index (χ4n) is 3.40. The zero-order valence-corrected chi connectivity index (χ0v) is 16.1. The average molecular weight is 382 g/mol. The van der Waals surface area contributed by atoms with E-state index >= 15 is 0 Å². The summed E-state index contributed by atoms with van der Waals surface area (Å²) in [7, 11) is 1.59. The van der Waals surface area contributed by atoms with E-state index in [-0.39, 0.29) is 5.41 Å². The van der Waals surface area contributed by atoms with Crippen molar-refractivity contribution in [2.45, 2.75) is 24.7 Å². The quantitative estimate of drug-likeness (QED) is 0.544. The van der Waals surface area contributed by atoms with Gasteiger partial charge in [0.1, 0.15) is 12.4 Å². The standard InChI is InChI=1S/C22H26N2O4/c1-27-14-15-28-19-11-6-5-10-18(19)24-21(26)20(25)23-16-22(12-7-13-22)17-8-3-2-4-9-17/h2-6,8-11H,7,12-16H2,1H3,(H,23,25)(H,24,26). The molecule has 148 valence electrons. The molecular weight excluding hydrogens is 356 g/mol. The molecule has 0 saturated heterocycles. The number of rotatable bonds is 8. The lowest BCUT2D eigenvalue weighted by atomic mass is 9.64. The summed E-state index contributed by atoms with van der Waals surface area (Å²) in [6.45, 7) is 1.24. The third-order valence-electron chi connectivity index (χ3n) is 5.17. The molecule has 3 rings (SSSR count). The van der Waals surface area contributed by atoms with E-state index in [1.807, 2.05) is 18.2 Å². The molecule has 2 aromatic rings. The monoisotopic (exact) mass is 382 g/mol. The van der Waals surface area contributed by atoms with Crippen molar-refractivity contribution in [1.82, 2.24) is 5.32 Å². The highest BCUT2D eigenvalue weighted by Gasteiger charge is 2.39. The molecule has 0 radical (unpaired) electrons. The van der Waals surface area contributed by atoms with E-state index in [9.17, 15) is 9.59 Å². The van der Waals surface area contributed by atoms with Crippen molar-refractivity contribution < 1.29 is 19.1 Å². The molecule has 6 heteroatoms. The number of hydrogen-bond donors (Lipinski definition) is 2. The molecule has 1 saturated carbocycles. The molecule has 28 heavy (non-hydrogen) atoms. The maximum Gasteiger partial charge on any atom is 0.313 e. The lowest BCUT2D eigenvalue weighted by Gasteiger charge is -2.42. The summed E-state index contributed by atoms with van der Waals surface area (Å²) in [5, 5.41) is 5.44. The Kier molecular flexibility index (Phi) is 6.66. The summed E-state index contributed by atoms with van der Waals surface area (Å²) in [6, 6.07) is 17.2. The minimum Gasteiger partial charge on any atom is -0.489 e. The molecule has 2 amide bonds. The summed E-state index contributed by atoms with van der Waals surface area (Å²) in [5.41, 5.74) is 1.59. The summed E-state index contributed by atoms with van der Waals surface area (Å²) in [6.07, 6.45) is 3.15. The first kappa shape index (κ1) is 19.9. The number of anilines is 1. The van der Waals surface area contributed by atoms with Gasteiger partial charge in [0, 0.05) is 19.1 Å². The first-order valence-electron chi connectivity index (χ1n) is 9.50. The van der Waals surface area contributed by atoms with E-state index in [0.717, 1.165) is 19.3 Å². The third kappa shape index (κ3) is 4.70. The summed E-state index contributed by atoms with van der Waals surface area (Å²) >= 11 is 0. The van der Waals surface area contributed by atoms with Crippen molar-refractivity contribution in [1.29, 1.82) is 0 Å². The predicted molar refractivity (Wildman–Crippen MR) is 107 cm³/mol. The van der Waals surface area contributed by atoms with E-state index < -0.39 is 11.8 Å². The van der Waals surface area contributed by atoms with Crippen LogP contribution in [0.5, 0.6) is 5.75 Å². The van der Waals surface area contributed by atoms with E-state index in [1.165, 1.54) is 5.56 Å². The predicted octanol–water partition coefficient (Wildman–Crippen LogP) is 2.89. The number of nitrogens with one attached hydrogen (secondary N) is 2. The highest BCUT2D eigenvalue weighted by atomic mass is 16.5. The summed E-state index contributed by atoms with van der Waals surface area (Å²) in [5.74, 6) is -0.848. The number of ether oxygens (including phenoxy) is 2. The van der Waals surface area contributed by atoms with Crippen LogP contribution in [-0.2, 0) is 19.7 Å². The first-order valence-corrected chi connectivity index (χ1v) is 9.50. The molecule has 0 aromatic heterocycles. The Morgan fingerprint density at radius 2 is 1.68 bits per heavy atom. The lowest BCUT2D eigenvalue weighted by Crippen LogP contribution is -2.48. The van der Waals surface area contributed by atoms with Crippen molar-refractivity contribution in [2.75, 3.05) is 32.2 Å². The van der Waals surface area contributed by atoms with Crippen LogP contribution in [0.2, 0.25) is 0 Å². The fourth-order valence-corrected chi connectivity index (χ4v) is 3.40. The smallest absolute Gasteiger partial charge is 0.313 e. The lowest BCUT2D eigenvalue weighted by molar-refractivity contribution is -0.136. The molecular formula is C22H26N2O4. The largest absolute Gasteiger partial charge is 0.489 e. The Hall–Kier alpha value is -2.86. The van der Waals surface area contributed by atoms with Gasteiger partial charge < -0.3 is 20.1 Å². The highest BCUT2D eigenvalue weighted by molar-refractivity contribution is 6.39. The van der Waals surface area contributed by atoms with E-state index in [1.54, 1.807) is 31.4 Å². The molecule has 0 bridgehead atoms. The molecule has 6 nitrogen and oxygen atoms in total. The van der Waals surface area contributed by atoms with E-state index in [0.29, 0.717) is 31.2 Å². The summed E-state index contributed by atoms with van der Waals surface area (Å²) < 4.78 is 10.5. The normalized spacial score (nSPS) is 14.6. The van der Waals surface area contributed by atoms with Gasteiger partial charge in [-0.25, -0.2) is 0 Å². The van der Waals surface area contributed by atoms with Gasteiger partial charge in [0.15, 0.2) is 0 Å². The van der Waals surface area contributed by atoms with Gasteiger partial charge in [0.2, 0.25) is 0 Å². The van der Waals surface area contributed by atoms with Crippen molar-refractivity contribution in [3.05, 3.63) is 60.2 Å². The third-order valence-corrected chi connectivity index (χ3v) is 5.17. The van der Waals surface area contributed by atoms with E-state index in [4.69, 9.17) is 9.47 Å². The van der Waals surface area contributed by atoms with Crippen molar-refractivity contribution >= 4 is 17.5 Å². The SMILES string of the molecule is COCCOc1ccccc1NC(=O)C(=O)NCC1(c2ccccc2)CCC1. The van der Waals surface area contributed by atoms with Crippen LogP contribution in [0.1, 0.15) is 24.8 Å². The van der Waals surface area contributed by atoms with Gasteiger partial charge in [-0.2, -0.15) is 0 Å². The average Bonchev–Trinajstić information content (AvgIpc) is 2.69. The minimum atomic E-state index is -0.703. The van der Waals surface area contributed by atoms with Gasteiger partial charge in [-0.15, -0.1) is 0 Å². The van der Waals surface area contributed by atoms with Crippen molar-refractivity contribution in [3.8, 4) is 5.75 Å². The van der Waals surface area contributed by atoms with Gasteiger partial charge in [-0.3, -0.25) is 9.59 Å². The van der Waals surface area contributed by atoms with Crippen LogP contribution in [0, 0.1) is 0 Å². The number of amides is 2. The number of carbonyl (C=O) groups is 2. The number of carbonyl (C=O) groups excluding carboxylic acids is 2. The second-order valence-electron chi connectivity index (χ2n) is 6.97. The Labute approximate surface area is 165 Å². The van der Waals surface area contributed by atoms with Gasteiger partial charge in [-0.1, -0.05) is 48.9 Å². The Morgan fingerprint density at radius 1 is 0.964 bits per heavy atom. The van der Waals surface area contributed by atoms with Crippen LogP contribution in [-0.4, -0.2) is 38.7 Å². The zero-order valence-electron chi connectivity index (χ0n) is 16.1. The Morgan fingerprint density at radius 3 is 2.36 bits per heavy atom. The van der Waals surface area contributed by atoms with Crippen molar-refractivity contribution in [3.63, 3.8) is 0 Å². The first-order chi connectivity index (χ1) is 13.6. The van der Waals surface area contributed by atoms with Gasteiger partial charge >= 0.3 is 11.8 Å². The Balaban J connectivity index is 1.58. The molecule has 0 spiro atoms. The molecule has 0 unspecified atom stereocenters. The number of para-hydroxylation sites is 2. The molecule has 2 N–H and O–H groups in total. The van der Waals surface area contributed by atoms with E-state index in [2.05, 4.69) is 22.8 Å². The molecule has 0 atom stereocenters. The van der Waals surface area contributed by atoms with Crippen LogP contribution in [0.25, 0.3) is 0 Å². The molecule has 0 heterocycles. The van der Waals surface area contributed by atoms with Crippen molar-refractivity contribution in [2.24, 2.45) is 0 Å². The second-order valence-corrected chi connectivity index (χ2v) is 6.97. The molecule has 1 fully saturated rings. The van der Waals surface area contributed by atoms with Crippen LogP contribution < -0.4 is 15.4 Å².